The normalized spacial score (nSPS) is 27.1. The zero-order chi connectivity index (χ0) is 10.7. The van der Waals surface area contributed by atoms with E-state index in [1.165, 1.54) is 7.11 Å². The molecule has 3 nitrogen and oxygen atoms in total. The molecule has 14 heavy (non-hydrogen) atoms. The second kappa shape index (κ2) is 4.40. The summed E-state index contributed by atoms with van der Waals surface area (Å²) in [5.74, 6) is -0.213. The Morgan fingerprint density at radius 3 is 2.79 bits per heavy atom. The Kier molecular flexibility index (Phi) is 3.44. The van der Waals surface area contributed by atoms with Crippen LogP contribution in [0.5, 0.6) is 0 Å². The van der Waals surface area contributed by atoms with Crippen LogP contribution in [0.3, 0.4) is 0 Å². The van der Waals surface area contributed by atoms with Crippen molar-refractivity contribution in [3.05, 3.63) is 11.6 Å². The molecule has 0 radical (unpaired) electrons. The van der Waals surface area contributed by atoms with Crippen LogP contribution in [0.15, 0.2) is 11.6 Å². The number of carbonyl (C=O) groups excluding carboxylic acids is 2. The molecule has 0 N–H and O–H groups in total. The monoisotopic (exact) mass is 196 g/mol. The van der Waals surface area contributed by atoms with Gasteiger partial charge in [0.1, 0.15) is 0 Å². The Balaban J connectivity index is 2.93. The summed E-state index contributed by atoms with van der Waals surface area (Å²) >= 11 is 0. The molecule has 1 rings (SSSR count). The van der Waals surface area contributed by atoms with Crippen molar-refractivity contribution < 1.29 is 14.3 Å². The molecule has 1 aliphatic rings. The quantitative estimate of drug-likeness (QED) is 0.631. The zero-order valence-corrected chi connectivity index (χ0v) is 8.87. The van der Waals surface area contributed by atoms with Crippen molar-refractivity contribution in [1.82, 2.24) is 0 Å². The average Bonchev–Trinajstić information content (AvgIpc) is 2.15. The van der Waals surface area contributed by atoms with E-state index in [-0.39, 0.29) is 23.6 Å². The topological polar surface area (TPSA) is 43.4 Å². The average molecular weight is 196 g/mol. The van der Waals surface area contributed by atoms with Gasteiger partial charge < -0.3 is 4.74 Å². The van der Waals surface area contributed by atoms with Crippen LogP contribution in [0.1, 0.15) is 26.7 Å². The van der Waals surface area contributed by atoms with E-state index in [9.17, 15) is 9.59 Å². The Morgan fingerprint density at radius 1 is 1.64 bits per heavy atom. The van der Waals surface area contributed by atoms with Crippen LogP contribution >= 0.6 is 0 Å². The molecule has 1 aliphatic carbocycles. The molecule has 3 heteroatoms. The second-order valence-electron chi connectivity index (χ2n) is 3.73. The molecule has 0 saturated heterocycles. The van der Waals surface area contributed by atoms with Crippen LogP contribution in [0.25, 0.3) is 0 Å². The molecule has 0 saturated carbocycles. The van der Waals surface area contributed by atoms with Gasteiger partial charge in [-0.3, -0.25) is 9.59 Å². The van der Waals surface area contributed by atoms with Gasteiger partial charge in [0.15, 0.2) is 5.78 Å². The number of allylic oxidation sites excluding steroid dienone is 1. The van der Waals surface area contributed by atoms with Crippen molar-refractivity contribution >= 4 is 11.8 Å². The summed E-state index contributed by atoms with van der Waals surface area (Å²) in [6.45, 7) is 3.81. The van der Waals surface area contributed by atoms with E-state index in [1.807, 2.05) is 13.8 Å². The van der Waals surface area contributed by atoms with Gasteiger partial charge in [0.05, 0.1) is 13.0 Å². The van der Waals surface area contributed by atoms with E-state index < -0.39 is 0 Å². The van der Waals surface area contributed by atoms with Gasteiger partial charge >= 0.3 is 5.97 Å². The first-order valence-electron chi connectivity index (χ1n) is 4.89. The van der Waals surface area contributed by atoms with E-state index in [0.717, 1.165) is 12.0 Å². The fourth-order valence-electron chi connectivity index (χ4n) is 2.04. The van der Waals surface area contributed by atoms with E-state index >= 15 is 0 Å². The lowest BCUT2D eigenvalue weighted by Crippen LogP contribution is -2.30. The molecule has 0 aromatic rings. The molecular formula is C11H16O3. The standard InChI is InChI=1S/C11H16O3/c1-4-8-6-9(12)5-7(2)10(8)11(13)14-3/h5,8,10H,4,6H2,1-3H3/t8-,10-/m1/s1. The van der Waals surface area contributed by atoms with E-state index in [0.29, 0.717) is 6.42 Å². The lowest BCUT2D eigenvalue weighted by atomic mass is 9.77. The minimum Gasteiger partial charge on any atom is -0.469 e. The number of esters is 1. The highest BCUT2D eigenvalue weighted by Crippen LogP contribution is 2.31. The first-order chi connectivity index (χ1) is 6.60. The molecule has 0 fully saturated rings. The van der Waals surface area contributed by atoms with Crippen molar-refractivity contribution in [3.63, 3.8) is 0 Å². The van der Waals surface area contributed by atoms with Gasteiger partial charge in [-0.25, -0.2) is 0 Å². The maximum atomic E-state index is 11.5. The van der Waals surface area contributed by atoms with E-state index in [2.05, 4.69) is 0 Å². The lowest BCUT2D eigenvalue weighted by molar-refractivity contribution is -0.146. The summed E-state index contributed by atoms with van der Waals surface area (Å²) in [6, 6.07) is 0. The fraction of sp³-hybridized carbons (Fsp3) is 0.636. The number of hydrogen-bond acceptors (Lipinski definition) is 3. The largest absolute Gasteiger partial charge is 0.469 e. The second-order valence-corrected chi connectivity index (χ2v) is 3.73. The molecule has 0 heterocycles. The van der Waals surface area contributed by atoms with E-state index in [4.69, 9.17) is 4.74 Å². The number of rotatable bonds is 2. The number of methoxy groups -OCH3 is 1. The Hall–Kier alpha value is -1.12. The van der Waals surface area contributed by atoms with Crippen molar-refractivity contribution in [2.24, 2.45) is 11.8 Å². The van der Waals surface area contributed by atoms with Gasteiger partial charge in [0, 0.05) is 6.42 Å². The van der Waals surface area contributed by atoms with Gasteiger partial charge in [-0.05, 0) is 18.9 Å². The van der Waals surface area contributed by atoms with Crippen LogP contribution in [-0.2, 0) is 14.3 Å². The third-order valence-electron chi connectivity index (χ3n) is 2.79. The third-order valence-corrected chi connectivity index (χ3v) is 2.79. The number of carbonyl (C=O) groups is 2. The van der Waals surface area contributed by atoms with Gasteiger partial charge in [-0.15, -0.1) is 0 Å². The third kappa shape index (κ3) is 2.03. The highest BCUT2D eigenvalue weighted by atomic mass is 16.5. The van der Waals surface area contributed by atoms with Crippen LogP contribution in [0, 0.1) is 11.8 Å². The lowest BCUT2D eigenvalue weighted by Gasteiger charge is -2.27. The summed E-state index contributed by atoms with van der Waals surface area (Å²) in [5.41, 5.74) is 0.833. The number of ketones is 1. The Morgan fingerprint density at radius 2 is 2.29 bits per heavy atom. The predicted molar refractivity (Wildman–Crippen MR) is 52.7 cm³/mol. The highest BCUT2D eigenvalue weighted by Gasteiger charge is 2.34. The van der Waals surface area contributed by atoms with Crippen molar-refractivity contribution in [3.8, 4) is 0 Å². The van der Waals surface area contributed by atoms with Crippen molar-refractivity contribution in [1.29, 1.82) is 0 Å². The Bertz CT molecular complexity index is 278. The molecule has 78 valence electrons. The summed E-state index contributed by atoms with van der Waals surface area (Å²) in [5, 5.41) is 0. The summed E-state index contributed by atoms with van der Waals surface area (Å²) in [6.07, 6.45) is 2.86. The van der Waals surface area contributed by atoms with E-state index in [1.54, 1.807) is 6.08 Å². The molecule has 2 atom stereocenters. The maximum Gasteiger partial charge on any atom is 0.313 e. The summed E-state index contributed by atoms with van der Waals surface area (Å²) in [7, 11) is 1.39. The molecule has 0 unspecified atom stereocenters. The van der Waals surface area contributed by atoms with Crippen LogP contribution in [-0.4, -0.2) is 18.9 Å². The molecule has 0 amide bonds. The molecule has 0 aromatic carbocycles. The molecule has 0 aromatic heterocycles. The van der Waals surface area contributed by atoms with Crippen molar-refractivity contribution in [2.75, 3.05) is 7.11 Å². The van der Waals surface area contributed by atoms with Crippen LogP contribution in [0.4, 0.5) is 0 Å². The molecule has 0 spiro atoms. The first kappa shape index (κ1) is 11.0. The number of hydrogen-bond donors (Lipinski definition) is 0. The number of ether oxygens (including phenoxy) is 1. The summed E-state index contributed by atoms with van der Waals surface area (Å²) < 4.78 is 4.74. The van der Waals surface area contributed by atoms with Crippen LogP contribution in [0.2, 0.25) is 0 Å². The van der Waals surface area contributed by atoms with Gasteiger partial charge in [-0.1, -0.05) is 18.9 Å². The fourth-order valence-corrected chi connectivity index (χ4v) is 2.04. The van der Waals surface area contributed by atoms with Gasteiger partial charge in [0.2, 0.25) is 0 Å². The highest BCUT2D eigenvalue weighted by molar-refractivity contribution is 5.94. The van der Waals surface area contributed by atoms with Crippen LogP contribution < -0.4 is 0 Å². The Labute approximate surface area is 84.1 Å². The minimum absolute atomic E-state index is 0.111. The molecule has 0 aliphatic heterocycles. The first-order valence-corrected chi connectivity index (χ1v) is 4.89. The molecular weight excluding hydrogens is 180 g/mol. The summed E-state index contributed by atoms with van der Waals surface area (Å²) in [4.78, 5) is 22.7. The minimum atomic E-state index is -0.224. The molecule has 0 bridgehead atoms. The SMILES string of the molecule is CC[C@@H]1CC(=O)C=C(C)[C@H]1C(=O)OC. The smallest absolute Gasteiger partial charge is 0.313 e. The van der Waals surface area contributed by atoms with Gasteiger partial charge in [-0.2, -0.15) is 0 Å². The maximum absolute atomic E-state index is 11.5. The zero-order valence-electron chi connectivity index (χ0n) is 8.87. The van der Waals surface area contributed by atoms with Crippen molar-refractivity contribution in [2.45, 2.75) is 26.7 Å². The van der Waals surface area contributed by atoms with Gasteiger partial charge in [0.25, 0.3) is 0 Å². The predicted octanol–water partition coefficient (Wildman–Crippen LogP) is 1.72.